The van der Waals surface area contributed by atoms with Crippen LogP contribution in [0.5, 0.6) is 0 Å². The van der Waals surface area contributed by atoms with Gasteiger partial charge in [0, 0.05) is 26.0 Å². The lowest BCUT2D eigenvalue weighted by Crippen LogP contribution is -2.47. The van der Waals surface area contributed by atoms with Gasteiger partial charge in [-0.05, 0) is 18.9 Å². The van der Waals surface area contributed by atoms with Crippen molar-refractivity contribution in [3.05, 3.63) is 18.5 Å². The van der Waals surface area contributed by atoms with E-state index in [4.69, 9.17) is 0 Å². The van der Waals surface area contributed by atoms with Gasteiger partial charge in [-0.15, -0.1) is 0 Å². The van der Waals surface area contributed by atoms with Crippen LogP contribution in [-0.2, 0) is 9.59 Å². The highest BCUT2D eigenvalue weighted by Crippen LogP contribution is 2.18. The van der Waals surface area contributed by atoms with Gasteiger partial charge in [0.05, 0.1) is 6.54 Å². The van der Waals surface area contributed by atoms with Crippen molar-refractivity contribution in [1.29, 1.82) is 0 Å². The molecule has 9 heteroatoms. The van der Waals surface area contributed by atoms with Crippen LogP contribution in [0.2, 0.25) is 0 Å². The van der Waals surface area contributed by atoms with Gasteiger partial charge in [0.2, 0.25) is 11.8 Å². The number of hydrogen-bond acceptors (Lipinski definition) is 3. The normalized spacial score (nSPS) is 13.0. The summed E-state index contributed by atoms with van der Waals surface area (Å²) in [6.07, 6.45) is -1.36. The first-order chi connectivity index (χ1) is 11.0. The van der Waals surface area contributed by atoms with E-state index in [2.05, 4.69) is 5.10 Å². The van der Waals surface area contributed by atoms with Gasteiger partial charge in [-0.2, -0.15) is 18.3 Å². The molecule has 2 amide bonds. The molecule has 0 fully saturated rings. The molecule has 1 rings (SSSR count). The SMILES string of the molecule is CC(C)CN(CC(F)(F)F)C(=O)CN(C)C(=O)[C@H](C)n1cccn1. The molecule has 0 unspecified atom stereocenters. The summed E-state index contributed by atoms with van der Waals surface area (Å²) in [5.41, 5.74) is 0. The molecule has 0 aromatic carbocycles. The average Bonchev–Trinajstić information content (AvgIpc) is 2.96. The molecular weight excluding hydrogens is 325 g/mol. The second kappa shape index (κ2) is 8.16. The van der Waals surface area contributed by atoms with Gasteiger partial charge in [-0.25, -0.2) is 0 Å². The Bertz CT molecular complexity index is 543. The standard InChI is InChI=1S/C15H23F3N4O2/c1-11(2)8-21(10-15(16,17)18)13(23)9-20(4)14(24)12(3)22-7-5-6-19-22/h5-7,11-12H,8-10H2,1-4H3/t12-/m0/s1. The molecule has 24 heavy (non-hydrogen) atoms. The van der Waals surface area contributed by atoms with E-state index >= 15 is 0 Å². The summed E-state index contributed by atoms with van der Waals surface area (Å²) in [6.45, 7) is 3.32. The third-order valence-corrected chi connectivity index (χ3v) is 3.34. The predicted molar refractivity (Wildman–Crippen MR) is 82.0 cm³/mol. The molecule has 0 saturated carbocycles. The van der Waals surface area contributed by atoms with Gasteiger partial charge in [-0.1, -0.05) is 13.8 Å². The fraction of sp³-hybridized carbons (Fsp3) is 0.667. The molecule has 0 radical (unpaired) electrons. The maximum absolute atomic E-state index is 12.6. The van der Waals surface area contributed by atoms with E-state index in [0.717, 1.165) is 9.80 Å². The third-order valence-electron chi connectivity index (χ3n) is 3.34. The molecular formula is C15H23F3N4O2. The summed E-state index contributed by atoms with van der Waals surface area (Å²) >= 11 is 0. The zero-order valence-corrected chi connectivity index (χ0v) is 14.2. The van der Waals surface area contributed by atoms with Crippen molar-refractivity contribution in [2.45, 2.75) is 33.0 Å². The third kappa shape index (κ3) is 6.21. The number of halogens is 3. The van der Waals surface area contributed by atoms with Crippen molar-refractivity contribution in [3.8, 4) is 0 Å². The highest BCUT2D eigenvalue weighted by Gasteiger charge is 2.34. The number of carbonyl (C=O) groups is 2. The van der Waals surface area contributed by atoms with Gasteiger partial charge in [0.1, 0.15) is 12.6 Å². The highest BCUT2D eigenvalue weighted by molar-refractivity contribution is 5.86. The fourth-order valence-electron chi connectivity index (χ4n) is 2.23. The Kier molecular flexibility index (Phi) is 6.80. The predicted octanol–water partition coefficient (Wildman–Crippen LogP) is 1.95. The number of amides is 2. The molecule has 0 aliphatic rings. The number of likely N-dealkylation sites (N-methyl/N-ethyl adjacent to an activating group) is 1. The summed E-state index contributed by atoms with van der Waals surface area (Å²) in [6, 6.07) is 1.02. The second-order valence-electron chi connectivity index (χ2n) is 6.14. The summed E-state index contributed by atoms with van der Waals surface area (Å²) in [5, 5.41) is 3.95. The number of carbonyl (C=O) groups excluding carboxylic acids is 2. The van der Waals surface area contributed by atoms with Crippen molar-refractivity contribution in [1.82, 2.24) is 19.6 Å². The van der Waals surface area contributed by atoms with Crippen molar-refractivity contribution in [2.75, 3.05) is 26.7 Å². The van der Waals surface area contributed by atoms with E-state index < -0.39 is 37.1 Å². The van der Waals surface area contributed by atoms with Crippen molar-refractivity contribution in [3.63, 3.8) is 0 Å². The molecule has 1 heterocycles. The summed E-state index contributed by atoms with van der Waals surface area (Å²) in [7, 11) is 1.39. The van der Waals surface area contributed by atoms with Crippen LogP contribution in [0, 0.1) is 5.92 Å². The Balaban J connectivity index is 2.72. The van der Waals surface area contributed by atoms with Crippen LogP contribution in [0.25, 0.3) is 0 Å². The van der Waals surface area contributed by atoms with Gasteiger partial charge >= 0.3 is 6.18 Å². The Morgan fingerprint density at radius 2 is 1.88 bits per heavy atom. The molecule has 1 atom stereocenters. The van der Waals surface area contributed by atoms with Crippen LogP contribution < -0.4 is 0 Å². The molecule has 0 aliphatic heterocycles. The number of hydrogen-bond donors (Lipinski definition) is 0. The van der Waals surface area contributed by atoms with Crippen LogP contribution in [0.4, 0.5) is 13.2 Å². The summed E-state index contributed by atoms with van der Waals surface area (Å²) < 4.78 is 39.3. The molecule has 0 spiro atoms. The van der Waals surface area contributed by atoms with Crippen LogP contribution >= 0.6 is 0 Å². The van der Waals surface area contributed by atoms with E-state index in [1.54, 1.807) is 33.0 Å². The molecule has 0 N–H and O–H groups in total. The van der Waals surface area contributed by atoms with Crippen molar-refractivity contribution in [2.24, 2.45) is 5.92 Å². The monoisotopic (exact) mass is 348 g/mol. The molecule has 1 aromatic rings. The second-order valence-corrected chi connectivity index (χ2v) is 6.14. The number of rotatable bonds is 7. The van der Waals surface area contributed by atoms with E-state index in [9.17, 15) is 22.8 Å². The topological polar surface area (TPSA) is 58.4 Å². The van der Waals surface area contributed by atoms with Crippen LogP contribution in [0.15, 0.2) is 18.5 Å². The number of alkyl halides is 3. The molecule has 136 valence electrons. The van der Waals surface area contributed by atoms with Gasteiger partial charge in [0.15, 0.2) is 0 Å². The quantitative estimate of drug-likeness (QED) is 0.757. The molecule has 0 saturated heterocycles. The van der Waals surface area contributed by atoms with Gasteiger partial charge in [0.25, 0.3) is 0 Å². The fourth-order valence-corrected chi connectivity index (χ4v) is 2.23. The first-order valence-electron chi connectivity index (χ1n) is 7.60. The van der Waals surface area contributed by atoms with E-state index in [1.807, 2.05) is 0 Å². The van der Waals surface area contributed by atoms with E-state index in [-0.39, 0.29) is 12.5 Å². The van der Waals surface area contributed by atoms with Gasteiger partial charge in [-0.3, -0.25) is 14.3 Å². The lowest BCUT2D eigenvalue weighted by molar-refractivity contribution is -0.163. The maximum Gasteiger partial charge on any atom is 0.406 e. The van der Waals surface area contributed by atoms with E-state index in [0.29, 0.717) is 0 Å². The highest BCUT2D eigenvalue weighted by atomic mass is 19.4. The maximum atomic E-state index is 12.6. The van der Waals surface area contributed by atoms with E-state index in [1.165, 1.54) is 17.9 Å². The first kappa shape index (κ1) is 20.0. The lowest BCUT2D eigenvalue weighted by Gasteiger charge is -2.28. The average molecular weight is 348 g/mol. The van der Waals surface area contributed by atoms with Crippen LogP contribution in [0.3, 0.4) is 0 Å². The molecule has 1 aromatic heterocycles. The molecule has 0 aliphatic carbocycles. The zero-order chi connectivity index (χ0) is 18.5. The Morgan fingerprint density at radius 3 is 2.33 bits per heavy atom. The number of aromatic nitrogens is 2. The molecule has 6 nitrogen and oxygen atoms in total. The minimum atomic E-state index is -4.48. The first-order valence-corrected chi connectivity index (χ1v) is 7.60. The number of nitrogens with zero attached hydrogens (tertiary/aromatic N) is 4. The minimum absolute atomic E-state index is 0.0188. The van der Waals surface area contributed by atoms with Crippen molar-refractivity contribution >= 4 is 11.8 Å². The van der Waals surface area contributed by atoms with Crippen molar-refractivity contribution < 1.29 is 22.8 Å². The Labute approximate surface area is 139 Å². The Morgan fingerprint density at radius 1 is 1.25 bits per heavy atom. The largest absolute Gasteiger partial charge is 0.406 e. The Hall–Kier alpha value is -2.06. The van der Waals surface area contributed by atoms with Crippen LogP contribution in [0.1, 0.15) is 26.8 Å². The minimum Gasteiger partial charge on any atom is -0.335 e. The summed E-state index contributed by atoms with van der Waals surface area (Å²) in [4.78, 5) is 26.3. The lowest BCUT2D eigenvalue weighted by atomic mass is 10.2. The smallest absolute Gasteiger partial charge is 0.335 e. The van der Waals surface area contributed by atoms with Gasteiger partial charge < -0.3 is 9.80 Å². The van der Waals surface area contributed by atoms with Crippen LogP contribution in [-0.4, -0.2) is 64.3 Å². The summed E-state index contributed by atoms with van der Waals surface area (Å²) in [5.74, 6) is -1.24. The molecule has 0 bridgehead atoms. The zero-order valence-electron chi connectivity index (χ0n) is 14.2.